The number of carbonyl (C=O) groups excluding carboxylic acids is 1. The van der Waals surface area contributed by atoms with Crippen LogP contribution in [0.3, 0.4) is 0 Å². The Morgan fingerprint density at radius 1 is 1.43 bits per heavy atom. The molecule has 1 aromatic heterocycles. The molecule has 0 bridgehead atoms. The lowest BCUT2D eigenvalue weighted by Crippen LogP contribution is -2.42. The van der Waals surface area contributed by atoms with E-state index in [1.165, 1.54) is 18.0 Å². The van der Waals surface area contributed by atoms with Crippen LogP contribution < -0.4 is 5.32 Å². The molecule has 0 radical (unpaired) electrons. The summed E-state index contributed by atoms with van der Waals surface area (Å²) in [5.41, 5.74) is 0.393. The molecule has 0 saturated heterocycles. The fourth-order valence-electron chi connectivity index (χ4n) is 1.98. The minimum atomic E-state index is -0.924. The molecule has 0 aliphatic carbocycles. The van der Waals surface area contributed by atoms with Crippen LogP contribution in [0.15, 0.2) is 42.9 Å². The Balaban J connectivity index is 2.10. The van der Waals surface area contributed by atoms with Crippen LogP contribution in [0.25, 0.3) is 5.69 Å². The van der Waals surface area contributed by atoms with E-state index in [4.69, 9.17) is 0 Å². The molecule has 1 aromatic carbocycles. The molecule has 1 heterocycles. The highest BCUT2D eigenvalue weighted by atomic mass is 32.2. The van der Waals surface area contributed by atoms with Crippen molar-refractivity contribution in [1.82, 2.24) is 14.9 Å². The average Bonchev–Trinajstić information content (AvgIpc) is 2.95. The number of nitrogens with zero attached hydrogens (tertiary/aromatic N) is 2. The van der Waals surface area contributed by atoms with Gasteiger partial charge >= 0.3 is 0 Å². The second kappa shape index (κ2) is 6.78. The molecule has 0 aliphatic heterocycles. The Hall–Kier alpha value is -1.79. The zero-order chi connectivity index (χ0) is 15.3. The Morgan fingerprint density at radius 2 is 2.14 bits per heavy atom. The summed E-state index contributed by atoms with van der Waals surface area (Å²) in [4.78, 5) is 16.3. The number of hydrogen-bond acceptors (Lipinski definition) is 4. The average molecular weight is 305 g/mol. The molecule has 0 fully saturated rings. The molecule has 5 nitrogen and oxygen atoms in total. The Labute approximate surface area is 128 Å². The van der Waals surface area contributed by atoms with Crippen LogP contribution >= 0.6 is 11.8 Å². The third-order valence-electron chi connectivity index (χ3n) is 2.99. The van der Waals surface area contributed by atoms with Gasteiger partial charge in [-0.3, -0.25) is 9.36 Å². The van der Waals surface area contributed by atoms with Crippen LogP contribution in [-0.2, 0) is 0 Å². The predicted molar refractivity (Wildman–Crippen MR) is 84.9 cm³/mol. The standard InChI is InChI=1S/C15H19N3O2S/c1-15(20,10-21-2)9-17-14(19)13-8-16-11-18(13)12-6-4-3-5-7-12/h3-8,11,20H,9-10H2,1-2H3,(H,17,19). The van der Waals surface area contributed by atoms with Gasteiger partial charge in [0.2, 0.25) is 0 Å². The van der Waals surface area contributed by atoms with E-state index >= 15 is 0 Å². The van der Waals surface area contributed by atoms with E-state index in [1.807, 2.05) is 36.6 Å². The highest BCUT2D eigenvalue weighted by Gasteiger charge is 2.22. The van der Waals surface area contributed by atoms with Gasteiger partial charge < -0.3 is 10.4 Å². The summed E-state index contributed by atoms with van der Waals surface area (Å²) in [5, 5.41) is 12.8. The van der Waals surface area contributed by atoms with Crippen molar-refractivity contribution in [3.63, 3.8) is 0 Å². The maximum Gasteiger partial charge on any atom is 0.270 e. The molecular formula is C15H19N3O2S. The van der Waals surface area contributed by atoms with Crippen molar-refractivity contribution in [1.29, 1.82) is 0 Å². The van der Waals surface area contributed by atoms with Crippen LogP contribution in [0.4, 0.5) is 0 Å². The molecule has 1 amide bonds. The number of para-hydroxylation sites is 1. The lowest BCUT2D eigenvalue weighted by Gasteiger charge is -2.22. The third-order valence-corrected chi connectivity index (χ3v) is 3.90. The van der Waals surface area contributed by atoms with E-state index < -0.39 is 5.60 Å². The van der Waals surface area contributed by atoms with Crippen molar-refractivity contribution in [2.24, 2.45) is 0 Å². The first-order valence-corrected chi connectivity index (χ1v) is 8.00. The molecule has 1 atom stereocenters. The van der Waals surface area contributed by atoms with E-state index in [0.717, 1.165) is 5.69 Å². The number of thioether (sulfide) groups is 1. The van der Waals surface area contributed by atoms with Crippen LogP contribution in [-0.4, -0.2) is 44.7 Å². The smallest absolute Gasteiger partial charge is 0.270 e. The monoisotopic (exact) mass is 305 g/mol. The van der Waals surface area contributed by atoms with Crippen molar-refractivity contribution < 1.29 is 9.90 Å². The minimum absolute atomic E-state index is 0.201. The minimum Gasteiger partial charge on any atom is -0.387 e. The fraction of sp³-hybridized carbons (Fsp3) is 0.333. The number of imidazole rings is 1. The van der Waals surface area contributed by atoms with Gasteiger partial charge in [0.05, 0.1) is 18.1 Å². The van der Waals surface area contributed by atoms with Crippen molar-refractivity contribution in [2.75, 3.05) is 18.6 Å². The van der Waals surface area contributed by atoms with E-state index in [-0.39, 0.29) is 12.5 Å². The highest BCUT2D eigenvalue weighted by molar-refractivity contribution is 7.98. The summed E-state index contributed by atoms with van der Waals surface area (Å²) in [6.45, 7) is 1.91. The summed E-state index contributed by atoms with van der Waals surface area (Å²) in [7, 11) is 0. The van der Waals surface area contributed by atoms with Gasteiger partial charge in [0, 0.05) is 18.0 Å². The van der Waals surface area contributed by atoms with Gasteiger partial charge in [-0.05, 0) is 25.3 Å². The second-order valence-corrected chi connectivity index (χ2v) is 5.96. The molecule has 112 valence electrons. The normalized spacial score (nSPS) is 13.7. The number of nitrogens with one attached hydrogen (secondary N) is 1. The number of amides is 1. The summed E-state index contributed by atoms with van der Waals surface area (Å²) in [6, 6.07) is 9.53. The Morgan fingerprint density at radius 3 is 2.81 bits per heavy atom. The van der Waals surface area contributed by atoms with Crippen LogP contribution in [0, 0.1) is 0 Å². The van der Waals surface area contributed by atoms with Crippen LogP contribution in [0.5, 0.6) is 0 Å². The second-order valence-electron chi connectivity index (χ2n) is 5.10. The zero-order valence-corrected chi connectivity index (χ0v) is 12.9. The van der Waals surface area contributed by atoms with Gasteiger partial charge in [-0.25, -0.2) is 4.98 Å². The van der Waals surface area contributed by atoms with E-state index in [2.05, 4.69) is 10.3 Å². The summed E-state index contributed by atoms with van der Waals surface area (Å²) in [5.74, 6) is 0.309. The fourth-order valence-corrected chi connectivity index (χ4v) is 2.70. The van der Waals surface area contributed by atoms with Crippen molar-refractivity contribution >= 4 is 17.7 Å². The van der Waals surface area contributed by atoms with Gasteiger partial charge in [-0.1, -0.05) is 18.2 Å². The summed E-state index contributed by atoms with van der Waals surface area (Å²) < 4.78 is 1.72. The molecule has 2 aromatic rings. The van der Waals surface area contributed by atoms with Crippen molar-refractivity contribution in [3.05, 3.63) is 48.5 Å². The first-order valence-electron chi connectivity index (χ1n) is 6.61. The Kier molecular flexibility index (Phi) is 5.03. The quantitative estimate of drug-likeness (QED) is 0.853. The molecule has 6 heteroatoms. The van der Waals surface area contributed by atoms with Gasteiger partial charge in [0.25, 0.3) is 5.91 Å². The number of benzene rings is 1. The molecular weight excluding hydrogens is 286 g/mol. The molecule has 0 saturated carbocycles. The summed E-state index contributed by atoms with van der Waals surface area (Å²) >= 11 is 1.54. The molecule has 1 unspecified atom stereocenters. The Bertz CT molecular complexity index is 596. The maximum atomic E-state index is 12.3. The molecule has 2 N–H and O–H groups in total. The van der Waals surface area contributed by atoms with Gasteiger partial charge in [0.15, 0.2) is 0 Å². The largest absolute Gasteiger partial charge is 0.387 e. The molecule has 0 spiro atoms. The number of aromatic nitrogens is 2. The first-order chi connectivity index (χ1) is 10.0. The lowest BCUT2D eigenvalue weighted by molar-refractivity contribution is 0.0721. The molecule has 0 aliphatic rings. The van der Waals surface area contributed by atoms with Crippen LogP contribution in [0.1, 0.15) is 17.4 Å². The van der Waals surface area contributed by atoms with E-state index in [1.54, 1.807) is 17.8 Å². The van der Waals surface area contributed by atoms with Gasteiger partial charge in [0.1, 0.15) is 5.69 Å². The third kappa shape index (κ3) is 4.09. The highest BCUT2D eigenvalue weighted by Crippen LogP contribution is 2.12. The SMILES string of the molecule is CSCC(C)(O)CNC(=O)c1cncn1-c1ccccc1. The number of hydrogen-bond donors (Lipinski definition) is 2. The number of rotatable bonds is 6. The lowest BCUT2D eigenvalue weighted by atomic mass is 10.1. The number of carbonyl (C=O) groups is 1. The van der Waals surface area contributed by atoms with Gasteiger partial charge in [-0.2, -0.15) is 11.8 Å². The van der Waals surface area contributed by atoms with E-state index in [9.17, 15) is 9.90 Å². The maximum absolute atomic E-state index is 12.3. The van der Waals surface area contributed by atoms with Crippen molar-refractivity contribution in [2.45, 2.75) is 12.5 Å². The topological polar surface area (TPSA) is 67.2 Å². The zero-order valence-electron chi connectivity index (χ0n) is 12.1. The summed E-state index contributed by atoms with van der Waals surface area (Å²) in [6.07, 6.45) is 5.04. The molecule has 21 heavy (non-hydrogen) atoms. The van der Waals surface area contributed by atoms with Crippen molar-refractivity contribution in [3.8, 4) is 5.69 Å². The van der Waals surface area contributed by atoms with Crippen LogP contribution in [0.2, 0.25) is 0 Å². The number of aliphatic hydroxyl groups is 1. The van der Waals surface area contributed by atoms with E-state index in [0.29, 0.717) is 11.4 Å². The van der Waals surface area contributed by atoms with Gasteiger partial charge in [-0.15, -0.1) is 0 Å². The first kappa shape index (κ1) is 15.6. The molecule has 2 rings (SSSR count). The predicted octanol–water partition coefficient (Wildman–Crippen LogP) is 1.72.